The van der Waals surface area contributed by atoms with E-state index in [4.69, 9.17) is 28.5 Å². The highest BCUT2D eigenvalue weighted by atomic mass is 79.9. The van der Waals surface area contributed by atoms with Crippen LogP contribution >= 0.6 is 39.1 Å². The van der Waals surface area contributed by atoms with Crippen molar-refractivity contribution in [2.75, 3.05) is 5.32 Å². The highest BCUT2D eigenvalue weighted by Gasteiger charge is 2.13. The van der Waals surface area contributed by atoms with Crippen LogP contribution in [0.15, 0.2) is 40.9 Å². The summed E-state index contributed by atoms with van der Waals surface area (Å²) in [4.78, 5) is 12.1. The van der Waals surface area contributed by atoms with Gasteiger partial charge in [0.25, 0.3) is 5.91 Å². The molecule has 2 aromatic rings. The highest BCUT2D eigenvalue weighted by molar-refractivity contribution is 9.10. The van der Waals surface area contributed by atoms with Crippen LogP contribution in [0.5, 0.6) is 0 Å². The Morgan fingerprint density at radius 1 is 1.25 bits per heavy atom. The van der Waals surface area contributed by atoms with Crippen molar-refractivity contribution in [1.29, 1.82) is 5.26 Å². The average Bonchev–Trinajstić information content (AvgIpc) is 2.43. The molecule has 0 saturated carbocycles. The summed E-state index contributed by atoms with van der Waals surface area (Å²) in [6.07, 6.45) is 0. The van der Waals surface area contributed by atoms with Gasteiger partial charge >= 0.3 is 0 Å². The Labute approximate surface area is 134 Å². The molecule has 20 heavy (non-hydrogen) atoms. The Balaban J connectivity index is 2.29. The molecule has 6 heteroatoms. The number of hydrogen-bond donors (Lipinski definition) is 1. The van der Waals surface area contributed by atoms with Crippen molar-refractivity contribution >= 4 is 50.7 Å². The Kier molecular flexibility index (Phi) is 4.66. The summed E-state index contributed by atoms with van der Waals surface area (Å²) in [5.41, 5.74) is 1.12. The van der Waals surface area contributed by atoms with Crippen LogP contribution in [-0.4, -0.2) is 5.91 Å². The van der Waals surface area contributed by atoms with Crippen LogP contribution in [0.25, 0.3) is 0 Å². The standard InChI is InChI=1S/C14H7BrCl2N2O/c15-11-3-1-2-10(13(11)17)14(20)19-9-4-5-12(16)8(6-9)7-18/h1-6H,(H,19,20). The molecular formula is C14H7BrCl2N2O. The van der Waals surface area contributed by atoms with Gasteiger partial charge in [0.1, 0.15) is 6.07 Å². The van der Waals surface area contributed by atoms with Crippen LogP contribution in [-0.2, 0) is 0 Å². The first kappa shape index (κ1) is 14.9. The largest absolute Gasteiger partial charge is 0.322 e. The smallest absolute Gasteiger partial charge is 0.257 e. The number of amides is 1. The average molecular weight is 370 g/mol. The van der Waals surface area contributed by atoms with Crippen molar-refractivity contribution < 1.29 is 4.79 Å². The molecule has 100 valence electrons. The van der Waals surface area contributed by atoms with E-state index in [0.29, 0.717) is 31.3 Å². The minimum absolute atomic E-state index is 0.296. The number of nitrogens with one attached hydrogen (secondary N) is 1. The molecule has 2 aromatic carbocycles. The monoisotopic (exact) mass is 368 g/mol. The highest BCUT2D eigenvalue weighted by Crippen LogP contribution is 2.27. The number of carbonyl (C=O) groups is 1. The molecular weight excluding hydrogens is 363 g/mol. The number of halogens is 3. The third-order valence-corrected chi connectivity index (χ3v) is 4.17. The lowest BCUT2D eigenvalue weighted by atomic mass is 10.2. The third-order valence-electron chi connectivity index (χ3n) is 2.54. The maximum absolute atomic E-state index is 12.1. The second-order valence-electron chi connectivity index (χ2n) is 3.86. The summed E-state index contributed by atoms with van der Waals surface area (Å²) in [7, 11) is 0. The molecule has 0 radical (unpaired) electrons. The zero-order valence-corrected chi connectivity index (χ0v) is 13.1. The van der Waals surface area contributed by atoms with Gasteiger partial charge in [-0.3, -0.25) is 4.79 Å². The SMILES string of the molecule is N#Cc1cc(NC(=O)c2cccc(Br)c2Cl)ccc1Cl. The molecule has 2 rings (SSSR count). The minimum atomic E-state index is -0.359. The molecule has 0 unspecified atom stereocenters. The van der Waals surface area contributed by atoms with Gasteiger partial charge in [0, 0.05) is 10.2 Å². The number of nitriles is 1. The van der Waals surface area contributed by atoms with Gasteiger partial charge in [-0.25, -0.2) is 0 Å². The Bertz CT molecular complexity index is 726. The van der Waals surface area contributed by atoms with Gasteiger partial charge in [-0.1, -0.05) is 29.3 Å². The topological polar surface area (TPSA) is 52.9 Å². The molecule has 0 spiro atoms. The summed E-state index contributed by atoms with van der Waals surface area (Å²) >= 11 is 15.1. The molecule has 1 N–H and O–H groups in total. The lowest BCUT2D eigenvalue weighted by Gasteiger charge is -2.08. The van der Waals surface area contributed by atoms with Crippen molar-refractivity contribution in [3.8, 4) is 6.07 Å². The summed E-state index contributed by atoms with van der Waals surface area (Å²) in [6, 6.07) is 11.7. The predicted molar refractivity (Wildman–Crippen MR) is 83.3 cm³/mol. The molecule has 0 aliphatic heterocycles. The molecule has 0 aliphatic carbocycles. The molecule has 3 nitrogen and oxygen atoms in total. The van der Waals surface area contributed by atoms with Crippen LogP contribution in [0.3, 0.4) is 0 Å². The number of rotatable bonds is 2. The number of nitrogens with zero attached hydrogens (tertiary/aromatic N) is 1. The second-order valence-corrected chi connectivity index (χ2v) is 5.50. The van der Waals surface area contributed by atoms with Gasteiger partial charge in [0.2, 0.25) is 0 Å². The quantitative estimate of drug-likeness (QED) is 0.820. The van der Waals surface area contributed by atoms with E-state index >= 15 is 0 Å². The van der Waals surface area contributed by atoms with Gasteiger partial charge in [-0.15, -0.1) is 0 Å². The molecule has 0 aliphatic rings. The van der Waals surface area contributed by atoms with Gasteiger partial charge in [0.15, 0.2) is 0 Å². The second kappa shape index (κ2) is 6.27. The summed E-state index contributed by atoms with van der Waals surface area (Å²) in [6.45, 7) is 0. The van der Waals surface area contributed by atoms with Crippen LogP contribution in [0.4, 0.5) is 5.69 Å². The van der Waals surface area contributed by atoms with Gasteiger partial charge in [-0.05, 0) is 46.3 Å². The number of carbonyl (C=O) groups excluding carboxylic acids is 1. The van der Waals surface area contributed by atoms with Gasteiger partial charge in [0.05, 0.1) is 21.2 Å². The molecule has 0 aromatic heterocycles. The first-order chi connectivity index (χ1) is 9.52. The number of hydrogen-bond acceptors (Lipinski definition) is 2. The van der Waals surface area contributed by atoms with Crippen molar-refractivity contribution in [3.63, 3.8) is 0 Å². The van der Waals surface area contributed by atoms with E-state index < -0.39 is 0 Å². The van der Waals surface area contributed by atoms with E-state index in [-0.39, 0.29) is 5.91 Å². The first-order valence-electron chi connectivity index (χ1n) is 5.48. The van der Waals surface area contributed by atoms with E-state index in [1.165, 1.54) is 6.07 Å². The van der Waals surface area contributed by atoms with Crippen LogP contribution < -0.4 is 5.32 Å². The minimum Gasteiger partial charge on any atom is -0.322 e. The van der Waals surface area contributed by atoms with Crippen LogP contribution in [0, 0.1) is 11.3 Å². The normalized spacial score (nSPS) is 9.90. The van der Waals surface area contributed by atoms with Crippen molar-refractivity contribution in [1.82, 2.24) is 0 Å². The Morgan fingerprint density at radius 2 is 2.00 bits per heavy atom. The molecule has 0 heterocycles. The van der Waals surface area contributed by atoms with Gasteiger partial charge in [-0.2, -0.15) is 5.26 Å². The van der Waals surface area contributed by atoms with E-state index in [9.17, 15) is 4.79 Å². The molecule has 0 fully saturated rings. The van der Waals surface area contributed by atoms with E-state index in [2.05, 4.69) is 21.2 Å². The fourth-order valence-corrected chi connectivity index (χ4v) is 2.30. The molecule has 1 amide bonds. The van der Waals surface area contributed by atoms with Gasteiger partial charge < -0.3 is 5.32 Å². The predicted octanol–water partition coefficient (Wildman–Crippen LogP) is 4.88. The maximum atomic E-state index is 12.1. The molecule has 0 bridgehead atoms. The van der Waals surface area contributed by atoms with E-state index in [0.717, 1.165) is 0 Å². The Hall–Kier alpha value is -1.54. The molecule has 0 atom stereocenters. The number of benzene rings is 2. The summed E-state index contributed by atoms with van der Waals surface area (Å²) in [5, 5.41) is 12.2. The lowest BCUT2D eigenvalue weighted by molar-refractivity contribution is 0.102. The summed E-state index contributed by atoms with van der Waals surface area (Å²) < 4.78 is 0.639. The van der Waals surface area contributed by atoms with E-state index in [1.54, 1.807) is 30.3 Å². The maximum Gasteiger partial charge on any atom is 0.257 e. The van der Waals surface area contributed by atoms with Crippen LogP contribution in [0.2, 0.25) is 10.0 Å². The zero-order valence-electron chi connectivity index (χ0n) is 9.95. The Morgan fingerprint density at radius 3 is 2.70 bits per heavy atom. The zero-order chi connectivity index (χ0) is 14.7. The fraction of sp³-hybridized carbons (Fsp3) is 0. The van der Waals surface area contributed by atoms with Crippen molar-refractivity contribution in [2.24, 2.45) is 0 Å². The fourth-order valence-electron chi connectivity index (χ4n) is 1.57. The number of anilines is 1. The van der Waals surface area contributed by atoms with Crippen LogP contribution in [0.1, 0.15) is 15.9 Å². The third kappa shape index (κ3) is 3.13. The summed E-state index contributed by atoms with van der Waals surface area (Å²) in [5.74, 6) is -0.359. The van der Waals surface area contributed by atoms with E-state index in [1.807, 2.05) is 6.07 Å². The van der Waals surface area contributed by atoms with Crippen molar-refractivity contribution in [2.45, 2.75) is 0 Å². The lowest BCUT2D eigenvalue weighted by Crippen LogP contribution is -2.12. The van der Waals surface area contributed by atoms with Crippen molar-refractivity contribution in [3.05, 3.63) is 62.0 Å². The molecule has 0 saturated heterocycles. The first-order valence-corrected chi connectivity index (χ1v) is 7.03.